The van der Waals surface area contributed by atoms with Gasteiger partial charge >= 0.3 is 5.69 Å². The van der Waals surface area contributed by atoms with E-state index in [1.54, 1.807) is 0 Å². The van der Waals surface area contributed by atoms with E-state index in [0.29, 0.717) is 0 Å². The van der Waals surface area contributed by atoms with Crippen molar-refractivity contribution in [2.45, 2.75) is 49.7 Å². The number of rotatable bonds is 11. The van der Waals surface area contributed by atoms with Crippen LogP contribution in [0.2, 0.25) is 0 Å². The zero-order chi connectivity index (χ0) is 26.3. The second-order valence-corrected chi connectivity index (χ2v) is 7.70. The van der Waals surface area contributed by atoms with Gasteiger partial charge in [-0.3, -0.25) is 29.4 Å². The fourth-order valence-electron chi connectivity index (χ4n) is 3.36. The molecule has 0 unspecified atom stereocenters. The van der Waals surface area contributed by atoms with Crippen molar-refractivity contribution in [3.8, 4) is 0 Å². The number of aromatic nitrogens is 2. The third-order valence-corrected chi connectivity index (χ3v) is 5.15. The average molecular weight is 500 g/mol. The Hall–Kier alpha value is -3.80. The van der Waals surface area contributed by atoms with Gasteiger partial charge in [0, 0.05) is 19.2 Å². The normalized spacial score (nSPS) is 22.3. The van der Waals surface area contributed by atoms with E-state index in [2.05, 4.69) is 15.3 Å². The lowest BCUT2D eigenvalue weighted by Gasteiger charge is -2.25. The largest absolute Gasteiger partial charge is 0.388 e. The molecule has 1 aromatic heterocycles. The number of aliphatic hydroxyl groups excluding tert-OH is 2. The molecule has 0 aromatic carbocycles. The molecule has 0 saturated carbocycles. The fourth-order valence-corrected chi connectivity index (χ4v) is 3.36. The van der Waals surface area contributed by atoms with Crippen LogP contribution in [0.25, 0.3) is 0 Å². The zero-order valence-corrected chi connectivity index (χ0v) is 18.4. The zero-order valence-electron chi connectivity index (χ0n) is 18.4. The highest BCUT2D eigenvalue weighted by Gasteiger charge is 2.44. The Bertz CT molecular complexity index is 1070. The van der Waals surface area contributed by atoms with Gasteiger partial charge < -0.3 is 42.5 Å². The van der Waals surface area contributed by atoms with Crippen LogP contribution in [-0.2, 0) is 19.1 Å². The van der Waals surface area contributed by atoms with Crippen molar-refractivity contribution in [3.05, 3.63) is 32.6 Å². The predicted octanol–water partition coefficient (Wildman–Crippen LogP) is -5.14. The minimum absolute atomic E-state index is 0.0540. The lowest BCUT2D eigenvalue weighted by atomic mass is 10.0. The molecular weight excluding hydrogens is 472 g/mol. The van der Waals surface area contributed by atoms with Crippen molar-refractivity contribution in [1.29, 1.82) is 0 Å². The molecule has 0 radical (unpaired) electrons. The molecule has 1 aliphatic rings. The van der Waals surface area contributed by atoms with Crippen molar-refractivity contribution in [2.24, 2.45) is 22.2 Å². The molecule has 1 saturated heterocycles. The van der Waals surface area contributed by atoms with Gasteiger partial charge in [0.05, 0.1) is 5.56 Å². The van der Waals surface area contributed by atoms with E-state index in [1.807, 2.05) is 4.98 Å². The Morgan fingerprint density at radius 3 is 2.49 bits per heavy atom. The van der Waals surface area contributed by atoms with E-state index in [-0.39, 0.29) is 29.9 Å². The molecule has 5 atom stereocenters. The lowest BCUT2D eigenvalue weighted by Crippen LogP contribution is -2.51. The van der Waals surface area contributed by atoms with Crippen LogP contribution >= 0.6 is 0 Å². The third kappa shape index (κ3) is 7.34. The highest BCUT2D eigenvalue weighted by Crippen LogP contribution is 2.31. The minimum atomic E-state index is -1.56. The number of nitrogens with two attached hydrogens (primary N) is 3. The highest BCUT2D eigenvalue weighted by molar-refractivity contribution is 5.88. The summed E-state index contributed by atoms with van der Waals surface area (Å²) in [5.74, 6) is -2.96. The average Bonchev–Trinajstić information content (AvgIpc) is 3.06. The number of hydrogen-bond donors (Lipinski definition) is 9. The first kappa shape index (κ1) is 27.4. The Balaban J connectivity index is 2.08. The summed E-state index contributed by atoms with van der Waals surface area (Å²) in [6, 6.07) is -1.47. The van der Waals surface area contributed by atoms with Crippen molar-refractivity contribution in [2.75, 3.05) is 13.1 Å². The topological polar surface area (TPSA) is 293 Å². The molecule has 0 bridgehead atoms. The number of amides is 3. The summed E-state index contributed by atoms with van der Waals surface area (Å²) < 4.78 is 5.50. The van der Waals surface area contributed by atoms with Crippen LogP contribution in [0.4, 0.5) is 0 Å². The molecule has 2 rings (SSSR count). The Kier molecular flexibility index (Phi) is 9.46. The molecule has 1 fully saturated rings. The molecule has 3 amide bonds. The molecule has 1 aromatic rings. The number of carbonyl (C=O) groups excluding carboxylic acids is 3. The van der Waals surface area contributed by atoms with E-state index >= 15 is 0 Å². The van der Waals surface area contributed by atoms with E-state index in [9.17, 15) is 39.4 Å². The van der Waals surface area contributed by atoms with E-state index in [1.165, 1.54) is 0 Å². The Morgan fingerprint density at radius 1 is 1.20 bits per heavy atom. The van der Waals surface area contributed by atoms with Gasteiger partial charge in [0.1, 0.15) is 37.0 Å². The third-order valence-electron chi connectivity index (χ3n) is 5.15. The fraction of sp³-hybridized carbons (Fsp3) is 0.556. The van der Waals surface area contributed by atoms with Gasteiger partial charge in [0.15, 0.2) is 5.96 Å². The second-order valence-electron chi connectivity index (χ2n) is 7.70. The first-order valence-electron chi connectivity index (χ1n) is 10.4. The maximum absolute atomic E-state index is 12.7. The summed E-state index contributed by atoms with van der Waals surface area (Å²) in [4.78, 5) is 66.7. The number of ether oxygens (including phenoxy) is 1. The van der Waals surface area contributed by atoms with Crippen LogP contribution in [0.5, 0.6) is 0 Å². The summed E-state index contributed by atoms with van der Waals surface area (Å²) in [6.45, 7) is -1.04. The number of hydroxylamine groups is 2. The quantitative estimate of drug-likeness (QED) is 0.0598. The van der Waals surface area contributed by atoms with Crippen molar-refractivity contribution < 1.29 is 34.5 Å². The smallest absolute Gasteiger partial charge is 0.325 e. The Labute approximate surface area is 196 Å². The highest BCUT2D eigenvalue weighted by atomic mass is 16.5. The van der Waals surface area contributed by atoms with Crippen LogP contribution in [-0.4, -0.2) is 91.6 Å². The number of nitrogens with zero attached hydrogens (tertiary/aromatic N) is 2. The molecule has 17 nitrogen and oxygen atoms in total. The Morgan fingerprint density at radius 2 is 1.89 bits per heavy atom. The molecule has 2 heterocycles. The van der Waals surface area contributed by atoms with Gasteiger partial charge in [0.25, 0.3) is 11.5 Å². The van der Waals surface area contributed by atoms with Gasteiger partial charge in [-0.2, -0.15) is 0 Å². The van der Waals surface area contributed by atoms with Crippen LogP contribution in [0.15, 0.2) is 20.8 Å². The number of aromatic amines is 2. The van der Waals surface area contributed by atoms with Gasteiger partial charge in [-0.1, -0.05) is 0 Å². The number of carbonyl (C=O) groups is 3. The van der Waals surface area contributed by atoms with Crippen LogP contribution in [0.1, 0.15) is 30.9 Å². The predicted molar refractivity (Wildman–Crippen MR) is 116 cm³/mol. The number of aliphatic hydroxyl groups is 2. The number of H-pyrrole nitrogens is 2. The van der Waals surface area contributed by atoms with Gasteiger partial charge in [0.2, 0.25) is 11.8 Å². The van der Waals surface area contributed by atoms with E-state index in [4.69, 9.17) is 21.9 Å². The van der Waals surface area contributed by atoms with Gasteiger partial charge in [-0.25, -0.2) is 14.9 Å². The van der Waals surface area contributed by atoms with Crippen LogP contribution in [0.3, 0.4) is 0 Å². The first-order chi connectivity index (χ1) is 16.4. The van der Waals surface area contributed by atoms with Crippen molar-refractivity contribution in [3.63, 3.8) is 0 Å². The summed E-state index contributed by atoms with van der Waals surface area (Å²) in [6.07, 6.45) is -4.80. The number of nitrogens with one attached hydrogen (secondary N) is 3. The minimum Gasteiger partial charge on any atom is -0.388 e. The number of hydrogen-bond acceptors (Lipinski definition) is 10. The monoisotopic (exact) mass is 500 g/mol. The van der Waals surface area contributed by atoms with Crippen LogP contribution in [0, 0.1) is 0 Å². The van der Waals surface area contributed by atoms with Gasteiger partial charge in [-0.05, 0) is 12.8 Å². The van der Waals surface area contributed by atoms with Crippen molar-refractivity contribution in [1.82, 2.24) is 20.3 Å². The van der Waals surface area contributed by atoms with E-state index < -0.39 is 78.5 Å². The van der Waals surface area contributed by atoms with Crippen LogP contribution < -0.4 is 33.8 Å². The lowest BCUT2D eigenvalue weighted by molar-refractivity contribution is -0.179. The second kappa shape index (κ2) is 12.1. The van der Waals surface area contributed by atoms with Gasteiger partial charge in [-0.15, -0.1) is 0 Å². The maximum Gasteiger partial charge on any atom is 0.325 e. The number of guanidine groups is 1. The standard InChI is InChI=1S/C18H28N8O9/c19-10(27)3-1-2-8(26(34)11(28)6-23-17(20)21)16(32)22-5-9-12(29)13(30)14(35-9)7-4-24-18(33)25-15(7)31/h4,8-9,12-14,29-30,34H,1-3,5-6H2,(H2,19,27)(H,22,32)(H4,20,21,23)(H2,24,25,31,33)/t8-,9+,12+,13+,14-/m0/s1. The molecule has 12 N–H and O–H groups in total. The molecule has 0 spiro atoms. The summed E-state index contributed by atoms with van der Waals surface area (Å²) >= 11 is 0. The number of primary amides is 1. The first-order valence-corrected chi connectivity index (χ1v) is 10.4. The maximum atomic E-state index is 12.7. The molecule has 194 valence electrons. The molecule has 35 heavy (non-hydrogen) atoms. The van der Waals surface area contributed by atoms with E-state index in [0.717, 1.165) is 6.20 Å². The molecule has 1 aliphatic heterocycles. The molecule has 0 aliphatic carbocycles. The number of aliphatic imine (C=N–C) groups is 1. The summed E-state index contributed by atoms with van der Waals surface area (Å²) in [7, 11) is 0. The summed E-state index contributed by atoms with van der Waals surface area (Å²) in [5, 5.41) is 33.3. The summed E-state index contributed by atoms with van der Waals surface area (Å²) in [5.41, 5.74) is 13.6. The molecule has 17 heteroatoms. The molecular formula is C18H28N8O9. The SMILES string of the molecule is NC(=O)CCC[C@@H](C(=O)NC[C@H]1O[C@@H](c2c[nH]c(=O)[nH]c2=O)[C@H](O)[C@@H]1O)N(O)C(=O)CN=C(N)N. The van der Waals surface area contributed by atoms with Crippen molar-refractivity contribution >= 4 is 23.7 Å².